The molecule has 1 saturated carbocycles. The second kappa shape index (κ2) is 3.26. The van der Waals surface area contributed by atoms with Gasteiger partial charge in [-0.3, -0.25) is 4.21 Å². The lowest BCUT2D eigenvalue weighted by atomic mass is 10.3. The van der Waals surface area contributed by atoms with Crippen LogP contribution in [0.4, 0.5) is 0 Å². The van der Waals surface area contributed by atoms with Crippen LogP contribution in [0.25, 0.3) is 0 Å². The van der Waals surface area contributed by atoms with Crippen molar-refractivity contribution in [1.29, 1.82) is 0 Å². The summed E-state index contributed by atoms with van der Waals surface area (Å²) in [6.45, 7) is 5.95. The molecule has 0 aromatic rings. The van der Waals surface area contributed by atoms with Crippen molar-refractivity contribution in [3.05, 3.63) is 30.9 Å². The van der Waals surface area contributed by atoms with Gasteiger partial charge in [-0.2, -0.15) is 0 Å². The summed E-state index contributed by atoms with van der Waals surface area (Å²) in [6.07, 6.45) is 7.64. The van der Waals surface area contributed by atoms with E-state index in [9.17, 15) is 4.21 Å². The fourth-order valence-corrected chi connectivity index (χ4v) is 1.94. The van der Waals surface area contributed by atoms with Crippen LogP contribution in [0.1, 0.15) is 20.8 Å². The minimum Gasteiger partial charge on any atom is -0.258 e. The lowest BCUT2D eigenvalue weighted by Gasteiger charge is -2.21. The minimum absolute atomic E-state index is 0.144. The predicted molar refractivity (Wildman–Crippen MR) is 48.3 cm³/mol. The summed E-state index contributed by atoms with van der Waals surface area (Å²) in [7, 11) is -0.870. The average molecular weight is 169 g/mol. The Hall–Kier alpha value is 0.150. The van der Waals surface area contributed by atoms with Crippen molar-refractivity contribution in [2.45, 2.75) is 25.5 Å². The van der Waals surface area contributed by atoms with Gasteiger partial charge < -0.3 is 0 Å². The summed E-state index contributed by atoms with van der Waals surface area (Å²) in [5, 5.41) is 0.928. The highest BCUT2D eigenvalue weighted by Gasteiger charge is 2.31. The first-order valence-electron chi connectivity index (χ1n) is 3.65. The van der Waals surface area contributed by atoms with E-state index in [4.69, 9.17) is 0 Å². The summed E-state index contributed by atoms with van der Waals surface area (Å²) in [6, 6.07) is 0. The molecule has 0 aromatic carbocycles. The van der Waals surface area contributed by atoms with Gasteiger partial charge in [-0.25, -0.2) is 0 Å². The molecular weight excluding hydrogens is 156 g/mol. The highest BCUT2D eigenvalue weighted by molar-refractivity contribution is 7.89. The maximum atomic E-state index is 11.6. The van der Waals surface area contributed by atoms with Crippen molar-refractivity contribution < 1.29 is 4.21 Å². The van der Waals surface area contributed by atoms with Gasteiger partial charge in [-0.05, 0) is 46.5 Å². The topological polar surface area (TPSA) is 17.1 Å². The van der Waals surface area contributed by atoms with Crippen LogP contribution in [0, 0.1) is 30.9 Å². The fraction of sp³-hybridized carbons (Fsp3) is 0.444. The largest absolute Gasteiger partial charge is 0.258 e. The third kappa shape index (κ3) is 2.29. The highest BCUT2D eigenvalue weighted by atomic mass is 32.2. The molecule has 0 aliphatic heterocycles. The van der Waals surface area contributed by atoms with E-state index in [2.05, 4.69) is 0 Å². The number of rotatable bonds is 1. The highest BCUT2D eigenvalue weighted by Crippen LogP contribution is 2.31. The Kier molecular flexibility index (Phi) is 2.74. The Labute approximate surface area is 72.0 Å². The van der Waals surface area contributed by atoms with Crippen LogP contribution in [0.3, 0.4) is 0 Å². The van der Waals surface area contributed by atoms with Crippen LogP contribution in [0.15, 0.2) is 0 Å². The third-order valence-corrected chi connectivity index (χ3v) is 3.22. The molecule has 0 amide bonds. The summed E-state index contributed by atoms with van der Waals surface area (Å²) in [4.78, 5) is 0. The number of hydrogen-bond acceptors (Lipinski definition) is 1. The zero-order chi connectivity index (χ0) is 8.48. The van der Waals surface area contributed by atoms with Gasteiger partial charge in [0.05, 0.1) is 5.25 Å². The minimum atomic E-state index is -0.870. The summed E-state index contributed by atoms with van der Waals surface area (Å²) < 4.78 is 11.5. The smallest absolute Gasteiger partial charge is 0.0709 e. The first-order valence-corrected chi connectivity index (χ1v) is 4.80. The van der Waals surface area contributed by atoms with Gasteiger partial charge in [0.15, 0.2) is 0 Å². The second-order valence-corrected chi connectivity index (χ2v) is 5.74. The van der Waals surface area contributed by atoms with Crippen molar-refractivity contribution in [3.8, 4) is 0 Å². The molecule has 11 heavy (non-hydrogen) atoms. The Morgan fingerprint density at radius 1 is 1.18 bits per heavy atom. The van der Waals surface area contributed by atoms with Gasteiger partial charge in [0.2, 0.25) is 0 Å². The predicted octanol–water partition coefficient (Wildman–Crippen LogP) is 1.90. The van der Waals surface area contributed by atoms with Gasteiger partial charge in [0.25, 0.3) is 0 Å². The van der Waals surface area contributed by atoms with E-state index in [0.29, 0.717) is 0 Å². The lowest BCUT2D eigenvalue weighted by molar-refractivity contribution is 0.651. The average Bonchev–Trinajstić information content (AvgIpc) is 2.34. The number of hydrogen-bond donors (Lipinski definition) is 0. The molecule has 0 heterocycles. The fourth-order valence-electron chi connectivity index (χ4n) is 0.833. The van der Waals surface area contributed by atoms with Crippen molar-refractivity contribution in [2.75, 3.05) is 0 Å². The second-order valence-electron chi connectivity index (χ2n) is 3.50. The van der Waals surface area contributed by atoms with E-state index >= 15 is 0 Å². The lowest BCUT2D eigenvalue weighted by Crippen LogP contribution is -2.25. The molecular formula is C9H13OS. The summed E-state index contributed by atoms with van der Waals surface area (Å²) in [5.41, 5.74) is 0. The van der Waals surface area contributed by atoms with E-state index in [0.717, 1.165) is 5.25 Å². The van der Waals surface area contributed by atoms with Crippen molar-refractivity contribution in [1.82, 2.24) is 0 Å². The molecule has 1 aliphatic carbocycles. The van der Waals surface area contributed by atoms with Gasteiger partial charge in [0, 0.05) is 15.5 Å². The van der Waals surface area contributed by atoms with E-state index in [1.807, 2.05) is 46.5 Å². The van der Waals surface area contributed by atoms with Crippen molar-refractivity contribution in [3.63, 3.8) is 0 Å². The molecule has 1 rings (SSSR count). The third-order valence-electron chi connectivity index (χ3n) is 1.40. The van der Waals surface area contributed by atoms with Crippen LogP contribution in [0.5, 0.6) is 0 Å². The molecule has 0 spiro atoms. The SMILES string of the molecule is CC(C)(C)[S@@](=O)[C]1[CH][CH][CH][CH]1. The van der Waals surface area contributed by atoms with E-state index in [1.54, 1.807) is 0 Å². The first kappa shape index (κ1) is 9.24. The summed E-state index contributed by atoms with van der Waals surface area (Å²) >= 11 is 0. The van der Waals surface area contributed by atoms with E-state index in [1.165, 1.54) is 0 Å². The van der Waals surface area contributed by atoms with Gasteiger partial charge in [-0.15, -0.1) is 0 Å². The monoisotopic (exact) mass is 169 g/mol. The molecule has 1 aliphatic rings. The molecule has 5 radical (unpaired) electrons. The van der Waals surface area contributed by atoms with Crippen LogP contribution in [-0.2, 0) is 10.8 Å². The molecule has 2 heteroatoms. The van der Waals surface area contributed by atoms with E-state index < -0.39 is 10.8 Å². The Bertz CT molecular complexity index is 151. The van der Waals surface area contributed by atoms with Crippen LogP contribution < -0.4 is 0 Å². The molecule has 0 saturated heterocycles. The van der Waals surface area contributed by atoms with Gasteiger partial charge in [-0.1, -0.05) is 0 Å². The van der Waals surface area contributed by atoms with Crippen molar-refractivity contribution in [2.24, 2.45) is 0 Å². The van der Waals surface area contributed by atoms with Gasteiger partial charge in [0.1, 0.15) is 0 Å². The molecule has 0 unspecified atom stereocenters. The molecule has 1 fully saturated rings. The zero-order valence-electron chi connectivity index (χ0n) is 7.13. The quantitative estimate of drug-likeness (QED) is 0.586. The molecule has 61 valence electrons. The Morgan fingerprint density at radius 3 is 2.00 bits per heavy atom. The van der Waals surface area contributed by atoms with E-state index in [-0.39, 0.29) is 4.75 Å². The maximum absolute atomic E-state index is 11.6. The molecule has 0 bridgehead atoms. The first-order chi connectivity index (χ1) is 5.02. The van der Waals surface area contributed by atoms with Crippen LogP contribution in [0.2, 0.25) is 0 Å². The molecule has 1 atom stereocenters. The maximum Gasteiger partial charge on any atom is 0.0709 e. The molecule has 0 aromatic heterocycles. The normalized spacial score (nSPS) is 23.9. The van der Waals surface area contributed by atoms with Crippen LogP contribution >= 0.6 is 0 Å². The van der Waals surface area contributed by atoms with Crippen molar-refractivity contribution >= 4 is 10.8 Å². The van der Waals surface area contributed by atoms with Gasteiger partial charge >= 0.3 is 0 Å². The Balaban J connectivity index is 2.53. The molecule has 0 N–H and O–H groups in total. The Morgan fingerprint density at radius 2 is 1.64 bits per heavy atom. The zero-order valence-corrected chi connectivity index (χ0v) is 7.94. The van der Waals surface area contributed by atoms with Crippen LogP contribution in [-0.4, -0.2) is 8.96 Å². The molecule has 1 nitrogen and oxygen atoms in total. The standard InChI is InChI=1S/C9H13OS/c1-9(2,3)11(10)8-6-4-5-7-8/h4-7H,1-3H3/t11-/m0/s1. The summed E-state index contributed by atoms with van der Waals surface area (Å²) in [5.74, 6) is 0.